The van der Waals surface area contributed by atoms with Crippen LogP contribution in [-0.4, -0.2) is 17.3 Å². The van der Waals surface area contributed by atoms with Crippen LogP contribution in [0.1, 0.15) is 44.2 Å². The van der Waals surface area contributed by atoms with Gasteiger partial charge in [-0.2, -0.15) is 0 Å². The second kappa shape index (κ2) is 5.61. The molecule has 2 rings (SSSR count). The maximum Gasteiger partial charge on any atom is 0.123 e. The van der Waals surface area contributed by atoms with Crippen molar-refractivity contribution in [3.05, 3.63) is 35.6 Å². The Balaban J connectivity index is 1.95. The molecule has 1 aliphatic rings. The fourth-order valence-electron chi connectivity index (χ4n) is 2.47. The van der Waals surface area contributed by atoms with E-state index in [-0.39, 0.29) is 24.0 Å². The number of nitrogens with one attached hydrogen (secondary N) is 1. The third-order valence-electron chi connectivity index (χ3n) is 3.56. The highest BCUT2D eigenvalue weighted by atomic mass is 19.1. The van der Waals surface area contributed by atoms with Gasteiger partial charge < -0.3 is 10.4 Å². The van der Waals surface area contributed by atoms with Crippen LogP contribution in [0.3, 0.4) is 0 Å². The van der Waals surface area contributed by atoms with Crippen molar-refractivity contribution in [3.8, 4) is 0 Å². The van der Waals surface area contributed by atoms with Gasteiger partial charge in [-0.1, -0.05) is 25.0 Å². The number of rotatable bonds is 3. The summed E-state index contributed by atoms with van der Waals surface area (Å²) in [6, 6.07) is 6.86. The Hall–Kier alpha value is -0.930. The molecule has 0 amide bonds. The Kier molecular flexibility index (Phi) is 4.13. The van der Waals surface area contributed by atoms with E-state index >= 15 is 0 Å². The van der Waals surface area contributed by atoms with Crippen LogP contribution in [-0.2, 0) is 0 Å². The van der Waals surface area contributed by atoms with Gasteiger partial charge in [0.25, 0.3) is 0 Å². The Morgan fingerprint density at radius 2 is 1.88 bits per heavy atom. The zero-order valence-corrected chi connectivity index (χ0v) is 10.2. The smallest absolute Gasteiger partial charge is 0.123 e. The first-order chi connectivity index (χ1) is 8.16. The Bertz CT molecular complexity index is 352. The fraction of sp³-hybridized carbons (Fsp3) is 0.571. The minimum Gasteiger partial charge on any atom is -0.392 e. The molecule has 1 aliphatic carbocycles. The molecule has 1 fully saturated rings. The van der Waals surface area contributed by atoms with E-state index in [0.29, 0.717) is 0 Å². The van der Waals surface area contributed by atoms with Gasteiger partial charge in [-0.05, 0) is 37.5 Å². The van der Waals surface area contributed by atoms with Gasteiger partial charge in [0.15, 0.2) is 0 Å². The largest absolute Gasteiger partial charge is 0.392 e. The number of hydrogen-bond acceptors (Lipinski definition) is 2. The first kappa shape index (κ1) is 12.5. The molecule has 2 N–H and O–H groups in total. The average molecular weight is 237 g/mol. The van der Waals surface area contributed by atoms with Crippen molar-refractivity contribution in [2.45, 2.75) is 50.8 Å². The third kappa shape index (κ3) is 3.27. The van der Waals surface area contributed by atoms with Crippen molar-refractivity contribution in [2.24, 2.45) is 0 Å². The van der Waals surface area contributed by atoms with E-state index < -0.39 is 0 Å². The number of aliphatic hydroxyl groups is 1. The SMILES string of the molecule is CC(N[C@H]1CCCC[C@@H]1O)c1ccc(F)cc1. The summed E-state index contributed by atoms with van der Waals surface area (Å²) in [6.45, 7) is 2.05. The first-order valence-corrected chi connectivity index (χ1v) is 6.36. The van der Waals surface area contributed by atoms with Gasteiger partial charge in [0.05, 0.1) is 6.10 Å². The molecule has 1 saturated carbocycles. The van der Waals surface area contributed by atoms with Crippen LogP contribution < -0.4 is 5.32 Å². The standard InChI is InChI=1S/C14H20FNO/c1-10(11-6-8-12(15)9-7-11)16-13-4-2-3-5-14(13)17/h6-10,13-14,16-17H,2-5H2,1H3/t10?,13-,14-/m0/s1. The molecule has 0 heterocycles. The zero-order chi connectivity index (χ0) is 12.3. The Morgan fingerprint density at radius 3 is 2.53 bits per heavy atom. The second-order valence-electron chi connectivity index (χ2n) is 4.90. The molecular formula is C14H20FNO. The zero-order valence-electron chi connectivity index (χ0n) is 10.2. The second-order valence-corrected chi connectivity index (χ2v) is 4.90. The lowest BCUT2D eigenvalue weighted by Crippen LogP contribution is -2.43. The van der Waals surface area contributed by atoms with Crippen LogP contribution in [0.15, 0.2) is 24.3 Å². The van der Waals surface area contributed by atoms with Gasteiger partial charge in [0.2, 0.25) is 0 Å². The highest BCUT2D eigenvalue weighted by Gasteiger charge is 2.24. The molecule has 94 valence electrons. The third-order valence-corrected chi connectivity index (χ3v) is 3.56. The molecule has 3 atom stereocenters. The summed E-state index contributed by atoms with van der Waals surface area (Å²) >= 11 is 0. The van der Waals surface area contributed by atoms with Gasteiger partial charge in [0.1, 0.15) is 5.82 Å². The first-order valence-electron chi connectivity index (χ1n) is 6.36. The van der Waals surface area contributed by atoms with Gasteiger partial charge in [-0.15, -0.1) is 0 Å². The van der Waals surface area contributed by atoms with Crippen LogP contribution in [0.25, 0.3) is 0 Å². The molecule has 1 aromatic carbocycles. The lowest BCUT2D eigenvalue weighted by Gasteiger charge is -2.31. The van der Waals surface area contributed by atoms with Gasteiger partial charge in [0, 0.05) is 12.1 Å². The summed E-state index contributed by atoms with van der Waals surface area (Å²) in [5.41, 5.74) is 1.06. The van der Waals surface area contributed by atoms with E-state index in [0.717, 1.165) is 24.8 Å². The average Bonchev–Trinajstić information content (AvgIpc) is 2.33. The minimum atomic E-state index is -0.244. The van der Waals surface area contributed by atoms with Gasteiger partial charge in [-0.25, -0.2) is 4.39 Å². The molecule has 3 heteroatoms. The molecule has 1 aromatic rings. The fourth-order valence-corrected chi connectivity index (χ4v) is 2.47. The number of hydrogen-bond donors (Lipinski definition) is 2. The summed E-state index contributed by atoms with van der Waals surface area (Å²) in [5.74, 6) is -0.210. The predicted octanol–water partition coefficient (Wildman–Crippen LogP) is 2.78. The molecule has 0 spiro atoms. The monoisotopic (exact) mass is 237 g/mol. The predicted molar refractivity (Wildman–Crippen MR) is 66.2 cm³/mol. The van der Waals surface area contributed by atoms with E-state index in [9.17, 15) is 9.50 Å². The summed E-state index contributed by atoms with van der Waals surface area (Å²) in [5, 5.41) is 13.3. The van der Waals surface area contributed by atoms with Crippen LogP contribution in [0, 0.1) is 5.82 Å². The normalized spacial score (nSPS) is 26.8. The summed E-state index contributed by atoms with van der Waals surface area (Å²) in [7, 11) is 0. The molecule has 1 unspecified atom stereocenters. The van der Waals surface area contributed by atoms with Crippen LogP contribution in [0.4, 0.5) is 4.39 Å². The highest BCUT2D eigenvalue weighted by Crippen LogP contribution is 2.22. The van der Waals surface area contributed by atoms with E-state index in [2.05, 4.69) is 12.2 Å². The molecule has 0 saturated heterocycles. The molecule has 0 aliphatic heterocycles. The molecule has 2 nitrogen and oxygen atoms in total. The maximum atomic E-state index is 12.8. The van der Waals surface area contributed by atoms with Crippen molar-refractivity contribution in [1.29, 1.82) is 0 Å². The minimum absolute atomic E-state index is 0.147. The number of aliphatic hydroxyl groups excluding tert-OH is 1. The van der Waals surface area contributed by atoms with E-state index in [1.165, 1.54) is 18.6 Å². The molecule has 0 bridgehead atoms. The number of benzene rings is 1. The van der Waals surface area contributed by atoms with Crippen LogP contribution in [0.5, 0.6) is 0 Å². The van der Waals surface area contributed by atoms with E-state index in [1.54, 1.807) is 12.1 Å². The van der Waals surface area contributed by atoms with Crippen molar-refractivity contribution in [2.75, 3.05) is 0 Å². The van der Waals surface area contributed by atoms with Crippen molar-refractivity contribution in [1.82, 2.24) is 5.32 Å². The number of halogens is 1. The molecule has 17 heavy (non-hydrogen) atoms. The van der Waals surface area contributed by atoms with Crippen molar-refractivity contribution in [3.63, 3.8) is 0 Å². The summed E-state index contributed by atoms with van der Waals surface area (Å²) < 4.78 is 12.8. The highest BCUT2D eigenvalue weighted by molar-refractivity contribution is 5.19. The lowest BCUT2D eigenvalue weighted by atomic mass is 9.91. The van der Waals surface area contributed by atoms with Gasteiger partial charge >= 0.3 is 0 Å². The topological polar surface area (TPSA) is 32.3 Å². The Labute approximate surface area is 102 Å². The summed E-state index contributed by atoms with van der Waals surface area (Å²) in [6.07, 6.45) is 3.95. The lowest BCUT2D eigenvalue weighted by molar-refractivity contribution is 0.0860. The van der Waals surface area contributed by atoms with Crippen molar-refractivity contribution < 1.29 is 9.50 Å². The van der Waals surface area contributed by atoms with Gasteiger partial charge in [-0.3, -0.25) is 0 Å². The Morgan fingerprint density at radius 1 is 1.24 bits per heavy atom. The van der Waals surface area contributed by atoms with Crippen LogP contribution in [0.2, 0.25) is 0 Å². The summed E-state index contributed by atoms with van der Waals surface area (Å²) in [4.78, 5) is 0. The van der Waals surface area contributed by atoms with Crippen LogP contribution >= 0.6 is 0 Å². The molecule has 0 radical (unpaired) electrons. The van der Waals surface area contributed by atoms with E-state index in [1.807, 2.05) is 0 Å². The van der Waals surface area contributed by atoms with E-state index in [4.69, 9.17) is 0 Å². The molecular weight excluding hydrogens is 217 g/mol. The quantitative estimate of drug-likeness (QED) is 0.847. The van der Waals surface area contributed by atoms with Crippen molar-refractivity contribution >= 4 is 0 Å². The maximum absolute atomic E-state index is 12.8. The molecule has 0 aromatic heterocycles.